The van der Waals surface area contributed by atoms with Crippen LogP contribution in [0.3, 0.4) is 0 Å². The molecule has 0 spiro atoms. The summed E-state index contributed by atoms with van der Waals surface area (Å²) >= 11 is 0. The molecule has 37 heavy (non-hydrogen) atoms. The molecule has 1 amide bonds. The molecule has 0 aliphatic heterocycles. The van der Waals surface area contributed by atoms with E-state index in [1.807, 2.05) is 18.2 Å². The van der Waals surface area contributed by atoms with E-state index in [1.54, 1.807) is 60.9 Å². The molecule has 4 rings (SSSR count). The van der Waals surface area contributed by atoms with Crippen molar-refractivity contribution in [3.05, 3.63) is 114 Å². The molecule has 0 saturated heterocycles. The minimum Gasteiger partial charge on any atom is -0.495 e. The summed E-state index contributed by atoms with van der Waals surface area (Å²) < 4.78 is 46.5. The second-order valence-electron chi connectivity index (χ2n) is 8.52. The molecule has 0 radical (unpaired) electrons. The molecule has 0 aliphatic rings. The number of rotatable bonds is 10. The summed E-state index contributed by atoms with van der Waals surface area (Å²) in [4.78, 5) is 16.1. The lowest BCUT2D eigenvalue weighted by molar-refractivity contribution is 0.0953. The second kappa shape index (κ2) is 11.8. The Hall–Kier alpha value is -4.04. The number of nitrogens with one attached hydrogen (secondary N) is 1. The Bertz CT molecular complexity index is 1490. The van der Waals surface area contributed by atoms with Crippen molar-refractivity contribution < 1.29 is 22.3 Å². The van der Waals surface area contributed by atoms with Crippen LogP contribution in [0.4, 0.5) is 4.39 Å². The normalized spacial score (nSPS) is 11.2. The van der Waals surface area contributed by atoms with Crippen molar-refractivity contribution in [2.45, 2.75) is 23.5 Å². The summed E-state index contributed by atoms with van der Waals surface area (Å²) in [5.74, 6) is -0.605. The quantitative estimate of drug-likeness (QED) is 0.291. The van der Waals surface area contributed by atoms with Gasteiger partial charge in [0.15, 0.2) is 9.84 Å². The Morgan fingerprint density at radius 2 is 1.70 bits per heavy atom. The van der Waals surface area contributed by atoms with Crippen LogP contribution in [0, 0.1) is 5.82 Å². The van der Waals surface area contributed by atoms with Crippen LogP contribution in [0.25, 0.3) is 11.1 Å². The van der Waals surface area contributed by atoms with Crippen molar-refractivity contribution in [2.75, 3.05) is 13.7 Å². The molecule has 0 saturated carbocycles. The van der Waals surface area contributed by atoms with Crippen LogP contribution in [-0.2, 0) is 22.0 Å². The first-order valence-electron chi connectivity index (χ1n) is 11.8. The number of benzene rings is 3. The van der Waals surface area contributed by atoms with E-state index in [4.69, 9.17) is 4.74 Å². The smallest absolute Gasteiger partial charge is 0.251 e. The Balaban J connectivity index is 1.45. The summed E-state index contributed by atoms with van der Waals surface area (Å²) in [7, 11) is -2.38. The highest BCUT2D eigenvalue weighted by Gasteiger charge is 2.22. The predicted octanol–water partition coefficient (Wildman–Crippen LogP) is 5.23. The molecule has 6 nitrogen and oxygen atoms in total. The predicted molar refractivity (Wildman–Crippen MR) is 141 cm³/mol. The summed E-state index contributed by atoms with van der Waals surface area (Å²) in [6.07, 6.45) is 4.52. The number of nitrogens with zero attached hydrogens (tertiary/aromatic N) is 1. The fourth-order valence-electron chi connectivity index (χ4n) is 4.05. The maximum absolute atomic E-state index is 14.3. The first kappa shape index (κ1) is 26.0. The van der Waals surface area contributed by atoms with Crippen LogP contribution in [0.1, 0.15) is 27.9 Å². The van der Waals surface area contributed by atoms with Crippen LogP contribution in [0.15, 0.2) is 96.2 Å². The Morgan fingerprint density at radius 3 is 2.46 bits per heavy atom. The average molecular weight is 519 g/mol. The van der Waals surface area contributed by atoms with Crippen LogP contribution in [-0.4, -0.2) is 33.0 Å². The molecule has 190 valence electrons. The van der Waals surface area contributed by atoms with Crippen molar-refractivity contribution in [3.63, 3.8) is 0 Å². The average Bonchev–Trinajstić information content (AvgIpc) is 2.91. The summed E-state index contributed by atoms with van der Waals surface area (Å²) in [5.41, 5.74) is 2.94. The monoisotopic (exact) mass is 518 g/mol. The van der Waals surface area contributed by atoms with Gasteiger partial charge in [0.1, 0.15) is 16.5 Å². The number of sulfone groups is 1. The van der Waals surface area contributed by atoms with E-state index < -0.39 is 15.7 Å². The zero-order valence-corrected chi connectivity index (χ0v) is 21.2. The molecular formula is C29H27FN2O4S. The largest absolute Gasteiger partial charge is 0.495 e. The number of hydrogen-bond donors (Lipinski definition) is 1. The molecule has 8 heteroatoms. The standard InChI is InChI=1S/C29H27FN2O4S/c1-36-27-12-11-24(25-9-2-3-10-26(25)30)19-28(27)37(34,35)20-22-7-4-6-21(18-22)8-5-15-32-29(33)23-13-16-31-17-14-23/h2-4,6-7,9-14,16-19H,5,8,15,20H2,1H3,(H,32,33). The second-order valence-corrected chi connectivity index (χ2v) is 10.5. The molecular weight excluding hydrogens is 491 g/mol. The van der Waals surface area contributed by atoms with Gasteiger partial charge in [0, 0.05) is 30.1 Å². The zero-order chi connectivity index (χ0) is 26.3. The molecule has 1 aromatic heterocycles. The van der Waals surface area contributed by atoms with Gasteiger partial charge < -0.3 is 10.1 Å². The lowest BCUT2D eigenvalue weighted by Gasteiger charge is -2.13. The number of hydrogen-bond acceptors (Lipinski definition) is 5. The first-order valence-corrected chi connectivity index (χ1v) is 13.4. The molecule has 0 atom stereocenters. The summed E-state index contributed by atoms with van der Waals surface area (Å²) in [6.45, 7) is 0.490. The minimum atomic E-state index is -3.79. The van der Waals surface area contributed by atoms with E-state index in [-0.39, 0.29) is 22.3 Å². The van der Waals surface area contributed by atoms with Crippen LogP contribution in [0.2, 0.25) is 0 Å². The van der Waals surface area contributed by atoms with E-state index in [0.29, 0.717) is 41.6 Å². The van der Waals surface area contributed by atoms with E-state index >= 15 is 0 Å². The molecule has 3 aromatic carbocycles. The number of halogens is 1. The maximum Gasteiger partial charge on any atom is 0.251 e. The SMILES string of the molecule is COc1ccc(-c2ccccc2F)cc1S(=O)(=O)Cc1cccc(CCCNC(=O)c2ccncc2)c1. The first-order chi connectivity index (χ1) is 17.9. The molecule has 0 unspecified atom stereocenters. The van der Waals surface area contributed by atoms with Gasteiger partial charge in [0.2, 0.25) is 0 Å². The molecule has 0 fully saturated rings. The topological polar surface area (TPSA) is 85.4 Å². The fraction of sp³-hybridized carbons (Fsp3) is 0.172. The number of methoxy groups -OCH3 is 1. The van der Waals surface area contributed by atoms with E-state index in [1.165, 1.54) is 19.2 Å². The van der Waals surface area contributed by atoms with Gasteiger partial charge in [-0.15, -0.1) is 0 Å². The highest BCUT2D eigenvalue weighted by atomic mass is 32.2. The van der Waals surface area contributed by atoms with Crippen molar-refractivity contribution >= 4 is 15.7 Å². The van der Waals surface area contributed by atoms with Gasteiger partial charge in [-0.2, -0.15) is 0 Å². The Kier molecular flexibility index (Phi) is 8.30. The third kappa shape index (κ3) is 6.59. The highest BCUT2D eigenvalue weighted by Crippen LogP contribution is 2.33. The molecule has 1 heterocycles. The van der Waals surface area contributed by atoms with Crippen LogP contribution >= 0.6 is 0 Å². The van der Waals surface area contributed by atoms with Crippen LogP contribution in [0.5, 0.6) is 5.75 Å². The Labute approximate surface area is 216 Å². The van der Waals surface area contributed by atoms with E-state index in [0.717, 1.165) is 5.56 Å². The van der Waals surface area contributed by atoms with Gasteiger partial charge in [-0.05, 0) is 59.9 Å². The summed E-state index contributed by atoms with van der Waals surface area (Å²) in [5, 5.41) is 2.88. The third-order valence-corrected chi connectivity index (χ3v) is 7.60. The van der Waals surface area contributed by atoms with Gasteiger partial charge in [-0.3, -0.25) is 9.78 Å². The zero-order valence-electron chi connectivity index (χ0n) is 20.4. The fourth-order valence-corrected chi connectivity index (χ4v) is 5.59. The van der Waals surface area contributed by atoms with Crippen molar-refractivity contribution in [1.29, 1.82) is 0 Å². The number of amides is 1. The lowest BCUT2D eigenvalue weighted by atomic mass is 10.1. The number of aromatic nitrogens is 1. The minimum absolute atomic E-state index is 0.0139. The lowest BCUT2D eigenvalue weighted by Crippen LogP contribution is -2.24. The molecule has 0 bridgehead atoms. The number of aryl methyl sites for hydroxylation is 1. The van der Waals surface area contributed by atoms with Crippen molar-refractivity contribution in [3.8, 4) is 16.9 Å². The third-order valence-electron chi connectivity index (χ3n) is 5.90. The summed E-state index contributed by atoms with van der Waals surface area (Å²) in [6, 6.07) is 21.6. The Morgan fingerprint density at radius 1 is 0.946 bits per heavy atom. The van der Waals surface area contributed by atoms with Crippen molar-refractivity contribution in [2.24, 2.45) is 0 Å². The molecule has 1 N–H and O–H groups in total. The molecule has 4 aromatic rings. The number of carbonyl (C=O) groups is 1. The van der Waals surface area contributed by atoms with Gasteiger partial charge in [-0.1, -0.05) is 48.5 Å². The van der Waals surface area contributed by atoms with Gasteiger partial charge in [0.05, 0.1) is 12.9 Å². The van der Waals surface area contributed by atoms with Crippen LogP contribution < -0.4 is 10.1 Å². The molecule has 0 aliphatic carbocycles. The van der Waals surface area contributed by atoms with Gasteiger partial charge in [0.25, 0.3) is 5.91 Å². The van der Waals surface area contributed by atoms with Gasteiger partial charge >= 0.3 is 0 Å². The highest BCUT2D eigenvalue weighted by molar-refractivity contribution is 7.90. The number of pyridine rings is 1. The number of carbonyl (C=O) groups excluding carboxylic acids is 1. The maximum atomic E-state index is 14.3. The van der Waals surface area contributed by atoms with E-state index in [9.17, 15) is 17.6 Å². The number of ether oxygens (including phenoxy) is 1. The van der Waals surface area contributed by atoms with Crippen molar-refractivity contribution in [1.82, 2.24) is 10.3 Å². The van der Waals surface area contributed by atoms with E-state index in [2.05, 4.69) is 10.3 Å². The van der Waals surface area contributed by atoms with Gasteiger partial charge in [-0.25, -0.2) is 12.8 Å².